The second-order valence-corrected chi connectivity index (χ2v) is 6.34. The molecule has 19 heavy (non-hydrogen) atoms. The van der Waals surface area contributed by atoms with Crippen LogP contribution >= 0.6 is 43.5 Å². The first-order valence-corrected chi connectivity index (χ1v) is 7.53. The minimum Gasteiger partial charge on any atom is -0.207 e. The van der Waals surface area contributed by atoms with E-state index in [4.69, 9.17) is 11.6 Å². The Labute approximate surface area is 132 Å². The Morgan fingerprint density at radius 2 is 1.79 bits per heavy atom. The van der Waals surface area contributed by atoms with E-state index in [0.29, 0.717) is 26.2 Å². The molecule has 0 nitrogen and oxygen atoms in total. The molecule has 0 radical (unpaired) electrons. The molecule has 0 N–H and O–H groups in total. The van der Waals surface area contributed by atoms with Gasteiger partial charge in [-0.15, -0.1) is 0 Å². The van der Waals surface area contributed by atoms with E-state index in [1.165, 1.54) is 18.2 Å². The number of halogens is 5. The maximum absolute atomic E-state index is 13.9. The molecular formula is C14H9Br2ClF2. The molecule has 5 heteroatoms. The van der Waals surface area contributed by atoms with Gasteiger partial charge in [0.25, 0.3) is 0 Å². The Bertz CT molecular complexity index is 629. The number of benzene rings is 2. The Kier molecular flexibility index (Phi) is 4.64. The van der Waals surface area contributed by atoms with Crippen molar-refractivity contribution in [1.29, 1.82) is 0 Å². The molecule has 100 valence electrons. The highest BCUT2D eigenvalue weighted by molar-refractivity contribution is 9.10. The lowest BCUT2D eigenvalue weighted by molar-refractivity contribution is 0.608. The van der Waals surface area contributed by atoms with Crippen LogP contribution in [0.4, 0.5) is 8.78 Å². The van der Waals surface area contributed by atoms with Crippen molar-refractivity contribution in [2.24, 2.45) is 0 Å². The zero-order chi connectivity index (χ0) is 14.2. The van der Waals surface area contributed by atoms with E-state index in [-0.39, 0.29) is 5.82 Å². The average Bonchev–Trinajstić information content (AvgIpc) is 2.36. The summed E-state index contributed by atoms with van der Waals surface area (Å²) in [6, 6.07) is 7.64. The SMILES string of the molecule is Cc1ccc(C(Br)c2cc(Cl)c(Br)cc2F)cc1F. The van der Waals surface area contributed by atoms with Crippen LogP contribution in [0.3, 0.4) is 0 Å². The van der Waals surface area contributed by atoms with Gasteiger partial charge in [-0.3, -0.25) is 0 Å². The molecule has 0 bridgehead atoms. The molecule has 0 heterocycles. The van der Waals surface area contributed by atoms with E-state index in [0.717, 1.165) is 0 Å². The molecular weight excluding hydrogens is 401 g/mol. The fourth-order valence-corrected chi connectivity index (χ4v) is 2.80. The molecule has 2 rings (SSSR count). The van der Waals surface area contributed by atoms with Crippen molar-refractivity contribution < 1.29 is 8.78 Å². The molecule has 2 aromatic carbocycles. The predicted octanol–water partition coefficient (Wildman–Crippen LogP) is 6.17. The molecule has 1 unspecified atom stereocenters. The maximum atomic E-state index is 13.9. The molecule has 0 fully saturated rings. The zero-order valence-electron chi connectivity index (χ0n) is 9.85. The van der Waals surface area contributed by atoms with Crippen LogP contribution in [0.2, 0.25) is 5.02 Å². The maximum Gasteiger partial charge on any atom is 0.129 e. The molecule has 0 aliphatic rings. The fraction of sp³-hybridized carbons (Fsp3) is 0.143. The topological polar surface area (TPSA) is 0 Å². The average molecular weight is 410 g/mol. The number of hydrogen-bond donors (Lipinski definition) is 0. The van der Waals surface area contributed by atoms with Crippen LogP contribution in [0.1, 0.15) is 21.5 Å². The van der Waals surface area contributed by atoms with Gasteiger partial charge in [-0.2, -0.15) is 0 Å². The third-order valence-electron chi connectivity index (χ3n) is 2.80. The summed E-state index contributed by atoms with van der Waals surface area (Å²) in [5.74, 6) is -0.718. The molecule has 2 aromatic rings. The summed E-state index contributed by atoms with van der Waals surface area (Å²) in [5.41, 5.74) is 1.56. The normalized spacial score (nSPS) is 12.5. The first-order valence-electron chi connectivity index (χ1n) is 5.44. The number of aryl methyl sites for hydroxylation is 1. The standard InChI is InChI=1S/C14H9Br2ClF2/c1-7-2-3-8(4-12(7)18)14(16)9-5-11(17)10(15)6-13(9)19/h2-6,14H,1H3. The summed E-state index contributed by atoms with van der Waals surface area (Å²) in [5, 5.41) is 0.411. The van der Waals surface area contributed by atoms with E-state index in [2.05, 4.69) is 31.9 Å². The lowest BCUT2D eigenvalue weighted by atomic mass is 10.0. The van der Waals surface area contributed by atoms with Crippen LogP contribution in [0.25, 0.3) is 0 Å². The van der Waals surface area contributed by atoms with Crippen LogP contribution in [-0.2, 0) is 0 Å². The summed E-state index contributed by atoms with van der Waals surface area (Å²) in [7, 11) is 0. The fourth-order valence-electron chi connectivity index (χ4n) is 1.68. The zero-order valence-corrected chi connectivity index (χ0v) is 13.8. The van der Waals surface area contributed by atoms with Gasteiger partial charge in [-0.1, -0.05) is 39.7 Å². The molecule has 0 aliphatic carbocycles. The number of rotatable bonds is 2. The first kappa shape index (κ1) is 14.9. The lowest BCUT2D eigenvalue weighted by Crippen LogP contribution is -1.98. The van der Waals surface area contributed by atoms with Gasteiger partial charge in [0.05, 0.1) is 9.85 Å². The lowest BCUT2D eigenvalue weighted by Gasteiger charge is -2.13. The van der Waals surface area contributed by atoms with Gasteiger partial charge in [0, 0.05) is 10.0 Å². The van der Waals surface area contributed by atoms with Crippen LogP contribution in [-0.4, -0.2) is 0 Å². The van der Waals surface area contributed by atoms with E-state index < -0.39 is 10.6 Å². The second-order valence-electron chi connectivity index (χ2n) is 4.16. The number of hydrogen-bond acceptors (Lipinski definition) is 0. The van der Waals surface area contributed by atoms with E-state index in [9.17, 15) is 8.78 Å². The minimum atomic E-state index is -0.451. The summed E-state index contributed by atoms with van der Waals surface area (Å²) in [6.45, 7) is 1.68. The summed E-state index contributed by atoms with van der Waals surface area (Å²) in [6.07, 6.45) is 0. The summed E-state index contributed by atoms with van der Waals surface area (Å²) >= 11 is 12.5. The Morgan fingerprint density at radius 1 is 1.11 bits per heavy atom. The third kappa shape index (κ3) is 3.18. The first-order chi connectivity index (χ1) is 8.90. The van der Waals surface area contributed by atoms with Crippen molar-refractivity contribution in [3.8, 4) is 0 Å². The molecule has 1 atom stereocenters. The molecule has 0 aromatic heterocycles. The molecule has 0 saturated heterocycles. The van der Waals surface area contributed by atoms with Gasteiger partial charge in [-0.05, 0) is 52.2 Å². The summed E-state index contributed by atoms with van der Waals surface area (Å²) < 4.78 is 28.0. The van der Waals surface area contributed by atoms with Crippen molar-refractivity contribution in [3.63, 3.8) is 0 Å². The quantitative estimate of drug-likeness (QED) is 0.410. The van der Waals surface area contributed by atoms with E-state index in [1.54, 1.807) is 19.1 Å². The Balaban J connectivity index is 2.46. The van der Waals surface area contributed by atoms with Gasteiger partial charge in [-0.25, -0.2) is 8.78 Å². The highest BCUT2D eigenvalue weighted by Crippen LogP contribution is 2.36. The van der Waals surface area contributed by atoms with Gasteiger partial charge in [0.2, 0.25) is 0 Å². The number of alkyl halides is 1. The van der Waals surface area contributed by atoms with Crippen molar-refractivity contribution in [2.75, 3.05) is 0 Å². The van der Waals surface area contributed by atoms with Gasteiger partial charge in [0.1, 0.15) is 11.6 Å². The van der Waals surface area contributed by atoms with Crippen LogP contribution in [0.5, 0.6) is 0 Å². The van der Waals surface area contributed by atoms with E-state index >= 15 is 0 Å². The third-order valence-corrected chi connectivity index (χ3v) is 5.02. The van der Waals surface area contributed by atoms with Crippen molar-refractivity contribution in [3.05, 3.63) is 68.2 Å². The van der Waals surface area contributed by atoms with Crippen molar-refractivity contribution in [2.45, 2.75) is 11.8 Å². The largest absolute Gasteiger partial charge is 0.207 e. The molecule has 0 spiro atoms. The van der Waals surface area contributed by atoms with Crippen LogP contribution < -0.4 is 0 Å². The van der Waals surface area contributed by atoms with Gasteiger partial charge in [0.15, 0.2) is 0 Å². The minimum absolute atomic E-state index is 0.314. The highest BCUT2D eigenvalue weighted by atomic mass is 79.9. The highest BCUT2D eigenvalue weighted by Gasteiger charge is 2.17. The van der Waals surface area contributed by atoms with Crippen LogP contribution in [0.15, 0.2) is 34.8 Å². The Morgan fingerprint density at radius 3 is 2.42 bits per heavy atom. The summed E-state index contributed by atoms with van der Waals surface area (Å²) in [4.78, 5) is -0.451. The molecule has 0 saturated carbocycles. The monoisotopic (exact) mass is 408 g/mol. The van der Waals surface area contributed by atoms with Crippen molar-refractivity contribution >= 4 is 43.5 Å². The Hall–Kier alpha value is -0.450. The van der Waals surface area contributed by atoms with Crippen molar-refractivity contribution in [1.82, 2.24) is 0 Å². The van der Waals surface area contributed by atoms with Gasteiger partial charge < -0.3 is 0 Å². The predicted molar refractivity (Wildman–Crippen MR) is 81.0 cm³/mol. The smallest absolute Gasteiger partial charge is 0.129 e. The van der Waals surface area contributed by atoms with Crippen LogP contribution in [0, 0.1) is 18.6 Å². The van der Waals surface area contributed by atoms with E-state index in [1.807, 2.05) is 0 Å². The molecule has 0 amide bonds. The second kappa shape index (κ2) is 5.90. The molecule has 0 aliphatic heterocycles. The van der Waals surface area contributed by atoms with Gasteiger partial charge >= 0.3 is 0 Å².